The van der Waals surface area contributed by atoms with E-state index in [1.165, 1.54) is 5.56 Å². The molecule has 136 valence electrons. The Morgan fingerprint density at radius 2 is 1.77 bits per heavy atom. The molecule has 0 unspecified atom stereocenters. The highest BCUT2D eigenvalue weighted by Gasteiger charge is 2.23. The lowest BCUT2D eigenvalue weighted by molar-refractivity contribution is -0.130. The molecule has 5 nitrogen and oxygen atoms in total. The number of benzene rings is 1. The number of nitrogens with zero attached hydrogens (tertiary/aromatic N) is 3. The van der Waals surface area contributed by atoms with E-state index in [9.17, 15) is 9.59 Å². The summed E-state index contributed by atoms with van der Waals surface area (Å²) in [5, 5.41) is 0. The number of carbonyl (C=O) groups is 2. The molecule has 0 spiro atoms. The van der Waals surface area contributed by atoms with Gasteiger partial charge in [0.2, 0.25) is 5.91 Å². The van der Waals surface area contributed by atoms with Crippen molar-refractivity contribution in [2.45, 2.75) is 26.7 Å². The summed E-state index contributed by atoms with van der Waals surface area (Å²) < 4.78 is 0. The summed E-state index contributed by atoms with van der Waals surface area (Å²) in [4.78, 5) is 33.1. The molecule has 0 radical (unpaired) electrons. The highest BCUT2D eigenvalue weighted by atomic mass is 16.2. The van der Waals surface area contributed by atoms with E-state index in [0.29, 0.717) is 38.3 Å². The van der Waals surface area contributed by atoms with E-state index < -0.39 is 0 Å². The molecular weight excluding hydrogens is 326 g/mol. The Hall–Kier alpha value is -2.69. The van der Waals surface area contributed by atoms with Gasteiger partial charge in [0.1, 0.15) is 5.69 Å². The van der Waals surface area contributed by atoms with Gasteiger partial charge >= 0.3 is 0 Å². The Labute approximate surface area is 154 Å². The zero-order chi connectivity index (χ0) is 18.5. The maximum atomic E-state index is 12.7. The molecule has 26 heavy (non-hydrogen) atoms. The lowest BCUT2D eigenvalue weighted by Crippen LogP contribution is -2.38. The molecular formula is C21H25N3O2. The average molecular weight is 351 g/mol. The molecule has 1 aromatic heterocycles. The van der Waals surface area contributed by atoms with E-state index in [-0.39, 0.29) is 11.8 Å². The molecule has 0 saturated carbocycles. The molecule has 1 fully saturated rings. The second-order valence-corrected chi connectivity index (χ2v) is 6.85. The summed E-state index contributed by atoms with van der Waals surface area (Å²) in [6.45, 7) is 6.57. The van der Waals surface area contributed by atoms with Crippen molar-refractivity contribution in [1.29, 1.82) is 0 Å². The third-order valence-electron chi connectivity index (χ3n) is 4.86. The van der Waals surface area contributed by atoms with Crippen molar-refractivity contribution in [3.63, 3.8) is 0 Å². The van der Waals surface area contributed by atoms with Gasteiger partial charge in [0.25, 0.3) is 5.91 Å². The molecule has 0 N–H and O–H groups in total. The van der Waals surface area contributed by atoms with E-state index in [0.717, 1.165) is 17.5 Å². The molecule has 5 heteroatoms. The zero-order valence-electron chi connectivity index (χ0n) is 15.4. The fourth-order valence-electron chi connectivity index (χ4n) is 3.34. The molecule has 0 aliphatic carbocycles. The van der Waals surface area contributed by atoms with Crippen LogP contribution >= 0.6 is 0 Å². The van der Waals surface area contributed by atoms with Gasteiger partial charge in [-0.1, -0.05) is 29.8 Å². The number of aromatic nitrogens is 1. The maximum absolute atomic E-state index is 12.7. The normalized spacial score (nSPS) is 14.8. The molecule has 1 aliphatic rings. The van der Waals surface area contributed by atoms with Crippen molar-refractivity contribution >= 4 is 11.8 Å². The van der Waals surface area contributed by atoms with Gasteiger partial charge in [-0.3, -0.25) is 14.6 Å². The van der Waals surface area contributed by atoms with E-state index in [4.69, 9.17) is 0 Å². The number of carbonyl (C=O) groups excluding carboxylic acids is 2. The third-order valence-corrected chi connectivity index (χ3v) is 4.86. The Morgan fingerprint density at radius 1 is 1.00 bits per heavy atom. The summed E-state index contributed by atoms with van der Waals surface area (Å²) in [6, 6.07) is 11.5. The van der Waals surface area contributed by atoms with Gasteiger partial charge in [0.15, 0.2) is 0 Å². The van der Waals surface area contributed by atoms with Crippen LogP contribution in [0, 0.1) is 13.8 Å². The number of amides is 2. The number of pyridine rings is 1. The van der Waals surface area contributed by atoms with Crippen LogP contribution in [0.15, 0.2) is 42.6 Å². The van der Waals surface area contributed by atoms with E-state index >= 15 is 0 Å². The van der Waals surface area contributed by atoms with Crippen LogP contribution in [0.5, 0.6) is 0 Å². The fourth-order valence-corrected chi connectivity index (χ4v) is 3.34. The summed E-state index contributed by atoms with van der Waals surface area (Å²) in [6.07, 6.45) is 2.84. The van der Waals surface area contributed by atoms with Gasteiger partial charge in [0.05, 0.1) is 6.42 Å². The Kier molecular flexibility index (Phi) is 5.66. The average Bonchev–Trinajstić information content (AvgIpc) is 2.90. The Balaban J connectivity index is 1.61. The smallest absolute Gasteiger partial charge is 0.272 e. The predicted octanol–water partition coefficient (Wildman–Crippen LogP) is 2.62. The van der Waals surface area contributed by atoms with E-state index in [2.05, 4.69) is 18.0 Å². The summed E-state index contributed by atoms with van der Waals surface area (Å²) in [5.74, 6) is 0.0679. The highest BCUT2D eigenvalue weighted by Crippen LogP contribution is 2.14. The van der Waals surface area contributed by atoms with Crippen LogP contribution in [0.4, 0.5) is 0 Å². The number of hydrogen-bond acceptors (Lipinski definition) is 3. The molecule has 2 aromatic rings. The lowest BCUT2D eigenvalue weighted by atomic mass is 10.0. The summed E-state index contributed by atoms with van der Waals surface area (Å²) in [5.41, 5.74) is 3.89. The Morgan fingerprint density at radius 3 is 2.50 bits per heavy atom. The summed E-state index contributed by atoms with van der Waals surface area (Å²) >= 11 is 0. The van der Waals surface area contributed by atoms with Gasteiger partial charge in [-0.25, -0.2) is 0 Å². The van der Waals surface area contributed by atoms with Crippen molar-refractivity contribution in [2.24, 2.45) is 0 Å². The minimum absolute atomic E-state index is 0.0609. The topological polar surface area (TPSA) is 53.5 Å². The Bertz CT molecular complexity index is 789. The van der Waals surface area contributed by atoms with Crippen molar-refractivity contribution in [2.75, 3.05) is 26.2 Å². The lowest BCUT2D eigenvalue weighted by Gasteiger charge is -2.22. The first-order valence-corrected chi connectivity index (χ1v) is 9.09. The van der Waals surface area contributed by atoms with Crippen molar-refractivity contribution in [3.05, 3.63) is 65.0 Å². The minimum Gasteiger partial charge on any atom is -0.341 e. The molecule has 1 aromatic carbocycles. The summed E-state index contributed by atoms with van der Waals surface area (Å²) in [7, 11) is 0. The van der Waals surface area contributed by atoms with Crippen LogP contribution in [-0.4, -0.2) is 52.8 Å². The molecule has 2 heterocycles. The zero-order valence-corrected chi connectivity index (χ0v) is 15.4. The highest BCUT2D eigenvalue weighted by molar-refractivity contribution is 5.92. The molecule has 0 bridgehead atoms. The molecule has 3 rings (SSSR count). The van der Waals surface area contributed by atoms with Crippen LogP contribution in [0.2, 0.25) is 0 Å². The van der Waals surface area contributed by atoms with Crippen molar-refractivity contribution < 1.29 is 9.59 Å². The van der Waals surface area contributed by atoms with Crippen LogP contribution in [0.1, 0.15) is 33.6 Å². The SMILES string of the molecule is Cc1ccc(CC(=O)N2CCCN(C(=O)c3ccccn3)CC2)c(C)c1. The predicted molar refractivity (Wildman–Crippen MR) is 101 cm³/mol. The van der Waals surface area contributed by atoms with Crippen LogP contribution < -0.4 is 0 Å². The van der Waals surface area contributed by atoms with Crippen LogP contribution in [-0.2, 0) is 11.2 Å². The minimum atomic E-state index is -0.0609. The van der Waals surface area contributed by atoms with Gasteiger partial charge in [-0.15, -0.1) is 0 Å². The van der Waals surface area contributed by atoms with E-state index in [1.54, 1.807) is 23.2 Å². The maximum Gasteiger partial charge on any atom is 0.272 e. The molecule has 1 saturated heterocycles. The van der Waals surface area contributed by atoms with Crippen LogP contribution in [0.25, 0.3) is 0 Å². The standard InChI is InChI=1S/C21H25N3O2/c1-16-7-8-18(17(2)14-16)15-20(25)23-10-5-11-24(13-12-23)21(26)19-6-3-4-9-22-19/h3-4,6-9,14H,5,10-13,15H2,1-2H3. The number of hydrogen-bond donors (Lipinski definition) is 0. The number of rotatable bonds is 3. The van der Waals surface area contributed by atoms with Gasteiger partial charge < -0.3 is 9.80 Å². The molecule has 0 atom stereocenters. The monoisotopic (exact) mass is 351 g/mol. The first-order chi connectivity index (χ1) is 12.5. The van der Waals surface area contributed by atoms with E-state index in [1.807, 2.05) is 30.0 Å². The van der Waals surface area contributed by atoms with Crippen LogP contribution in [0.3, 0.4) is 0 Å². The van der Waals surface area contributed by atoms with Gasteiger partial charge in [0, 0.05) is 32.4 Å². The number of aryl methyl sites for hydroxylation is 2. The first kappa shape index (κ1) is 18.1. The van der Waals surface area contributed by atoms with Gasteiger partial charge in [-0.05, 0) is 43.5 Å². The second-order valence-electron chi connectivity index (χ2n) is 6.85. The first-order valence-electron chi connectivity index (χ1n) is 9.09. The van der Waals surface area contributed by atoms with Crippen molar-refractivity contribution in [3.8, 4) is 0 Å². The van der Waals surface area contributed by atoms with Crippen molar-refractivity contribution in [1.82, 2.24) is 14.8 Å². The fraction of sp³-hybridized carbons (Fsp3) is 0.381. The quantitative estimate of drug-likeness (QED) is 0.854. The second kappa shape index (κ2) is 8.13. The molecule has 1 aliphatic heterocycles. The molecule has 2 amide bonds. The van der Waals surface area contributed by atoms with Gasteiger partial charge in [-0.2, -0.15) is 0 Å². The largest absolute Gasteiger partial charge is 0.341 e. The third kappa shape index (κ3) is 4.28.